The van der Waals surface area contributed by atoms with E-state index < -0.39 is 23.6 Å². The fraction of sp³-hybridized carbons (Fsp3) is 0.500. The van der Waals surface area contributed by atoms with Gasteiger partial charge in [0.15, 0.2) is 0 Å². The Bertz CT molecular complexity index is 448. The molecule has 0 aliphatic heterocycles. The molecular weight excluding hydrogens is 251 g/mol. The van der Waals surface area contributed by atoms with Gasteiger partial charge in [0.2, 0.25) is 0 Å². The summed E-state index contributed by atoms with van der Waals surface area (Å²) in [5.41, 5.74) is 0.181. The van der Waals surface area contributed by atoms with Gasteiger partial charge in [0.1, 0.15) is 12.0 Å². The summed E-state index contributed by atoms with van der Waals surface area (Å²) < 4.78 is 36.3. The van der Waals surface area contributed by atoms with Crippen molar-refractivity contribution in [2.24, 2.45) is 0 Å². The molecule has 0 saturated carbocycles. The molecule has 1 heterocycles. The van der Waals surface area contributed by atoms with Crippen molar-refractivity contribution in [2.75, 3.05) is 5.32 Å². The van der Waals surface area contributed by atoms with E-state index in [9.17, 15) is 23.3 Å². The van der Waals surface area contributed by atoms with Crippen LogP contribution in [0.3, 0.4) is 0 Å². The first-order chi connectivity index (χ1) is 8.19. The van der Waals surface area contributed by atoms with Gasteiger partial charge in [0, 0.05) is 11.6 Å². The molecule has 0 amide bonds. The fourth-order valence-corrected chi connectivity index (χ4v) is 1.47. The maximum atomic E-state index is 12.1. The second-order valence-corrected chi connectivity index (χ2v) is 3.98. The van der Waals surface area contributed by atoms with E-state index in [4.69, 9.17) is 0 Å². The summed E-state index contributed by atoms with van der Waals surface area (Å²) in [5.74, 6) is 0.190. The van der Waals surface area contributed by atoms with Crippen molar-refractivity contribution in [3.63, 3.8) is 0 Å². The maximum Gasteiger partial charge on any atom is 0.391 e. The molecule has 1 atom stereocenters. The number of pyridine rings is 1. The molecule has 5 nitrogen and oxygen atoms in total. The zero-order valence-corrected chi connectivity index (χ0v) is 9.78. The SMILES string of the molecule is Cc1cc(NC(C)CC(F)(F)F)ncc1[N+](=O)[O-]. The van der Waals surface area contributed by atoms with Crippen molar-refractivity contribution < 1.29 is 18.1 Å². The van der Waals surface area contributed by atoms with E-state index in [0.29, 0.717) is 5.56 Å². The first kappa shape index (κ1) is 14.2. The first-order valence-electron chi connectivity index (χ1n) is 5.13. The van der Waals surface area contributed by atoms with Gasteiger partial charge >= 0.3 is 6.18 Å². The molecule has 1 N–H and O–H groups in total. The Kier molecular flexibility index (Phi) is 4.10. The lowest BCUT2D eigenvalue weighted by atomic mass is 10.2. The summed E-state index contributed by atoms with van der Waals surface area (Å²) in [6, 6.07) is 0.503. The highest BCUT2D eigenvalue weighted by molar-refractivity contribution is 5.47. The summed E-state index contributed by atoms with van der Waals surface area (Å²) >= 11 is 0. The number of halogens is 3. The van der Waals surface area contributed by atoms with Crippen LogP contribution in [0.5, 0.6) is 0 Å². The fourth-order valence-electron chi connectivity index (χ4n) is 1.47. The molecule has 1 unspecified atom stereocenters. The number of rotatable bonds is 4. The number of nitrogens with one attached hydrogen (secondary N) is 1. The Morgan fingerprint density at radius 1 is 1.56 bits per heavy atom. The molecule has 0 radical (unpaired) electrons. The van der Waals surface area contributed by atoms with Crippen LogP contribution in [0.2, 0.25) is 0 Å². The number of hydrogen-bond acceptors (Lipinski definition) is 4. The number of nitro groups is 1. The lowest BCUT2D eigenvalue weighted by Crippen LogP contribution is -2.24. The zero-order valence-electron chi connectivity index (χ0n) is 9.78. The summed E-state index contributed by atoms with van der Waals surface area (Å²) in [4.78, 5) is 13.7. The second-order valence-electron chi connectivity index (χ2n) is 3.98. The minimum Gasteiger partial charge on any atom is -0.367 e. The van der Waals surface area contributed by atoms with Gasteiger partial charge in [-0.25, -0.2) is 4.98 Å². The monoisotopic (exact) mass is 263 g/mol. The van der Waals surface area contributed by atoms with Gasteiger partial charge in [-0.15, -0.1) is 0 Å². The summed E-state index contributed by atoms with van der Waals surface area (Å²) in [6.45, 7) is 2.87. The normalized spacial score (nSPS) is 13.2. The largest absolute Gasteiger partial charge is 0.391 e. The number of anilines is 1. The van der Waals surface area contributed by atoms with Gasteiger partial charge < -0.3 is 5.32 Å². The molecule has 0 bridgehead atoms. The van der Waals surface area contributed by atoms with E-state index in [1.54, 1.807) is 0 Å². The third-order valence-electron chi connectivity index (χ3n) is 2.21. The Hall–Kier alpha value is -1.86. The van der Waals surface area contributed by atoms with Crippen LogP contribution in [0.1, 0.15) is 18.9 Å². The number of aryl methyl sites for hydroxylation is 1. The molecule has 1 aromatic heterocycles. The molecule has 0 aliphatic rings. The highest BCUT2D eigenvalue weighted by Crippen LogP contribution is 2.24. The minimum absolute atomic E-state index is 0.163. The average Bonchev–Trinajstić information content (AvgIpc) is 2.13. The standard InChI is InChI=1S/C10H12F3N3O2/c1-6-3-9(14-5-8(6)16(17)18)15-7(2)4-10(11,12)13/h3,5,7H,4H2,1-2H3,(H,14,15). The highest BCUT2D eigenvalue weighted by atomic mass is 19.4. The van der Waals surface area contributed by atoms with E-state index in [2.05, 4.69) is 10.3 Å². The number of aromatic nitrogens is 1. The van der Waals surface area contributed by atoms with Crippen LogP contribution in [-0.4, -0.2) is 22.1 Å². The maximum absolute atomic E-state index is 12.1. The van der Waals surface area contributed by atoms with Gasteiger partial charge in [-0.05, 0) is 19.9 Å². The van der Waals surface area contributed by atoms with Crippen molar-refractivity contribution in [1.29, 1.82) is 0 Å². The molecule has 0 fully saturated rings. The van der Waals surface area contributed by atoms with E-state index in [1.807, 2.05) is 0 Å². The molecule has 18 heavy (non-hydrogen) atoms. The van der Waals surface area contributed by atoms with Gasteiger partial charge in [-0.1, -0.05) is 0 Å². The van der Waals surface area contributed by atoms with Gasteiger partial charge in [-0.2, -0.15) is 13.2 Å². The van der Waals surface area contributed by atoms with Crippen molar-refractivity contribution in [1.82, 2.24) is 4.98 Å². The third kappa shape index (κ3) is 4.19. The van der Waals surface area contributed by atoms with E-state index >= 15 is 0 Å². The average molecular weight is 263 g/mol. The molecule has 8 heteroatoms. The van der Waals surface area contributed by atoms with Crippen LogP contribution in [0, 0.1) is 17.0 Å². The highest BCUT2D eigenvalue weighted by Gasteiger charge is 2.30. The smallest absolute Gasteiger partial charge is 0.367 e. The van der Waals surface area contributed by atoms with E-state index in [0.717, 1.165) is 6.20 Å². The van der Waals surface area contributed by atoms with Crippen molar-refractivity contribution in [3.05, 3.63) is 27.9 Å². The topological polar surface area (TPSA) is 68.1 Å². The van der Waals surface area contributed by atoms with Crippen molar-refractivity contribution in [3.8, 4) is 0 Å². The van der Waals surface area contributed by atoms with Gasteiger partial charge in [-0.3, -0.25) is 10.1 Å². The van der Waals surface area contributed by atoms with Crippen molar-refractivity contribution >= 4 is 11.5 Å². The van der Waals surface area contributed by atoms with Crippen LogP contribution in [0.15, 0.2) is 12.3 Å². The Morgan fingerprint density at radius 2 is 2.17 bits per heavy atom. The Labute approximate surface area is 101 Å². The molecule has 0 aromatic carbocycles. The van der Waals surface area contributed by atoms with Crippen LogP contribution in [0.25, 0.3) is 0 Å². The lowest BCUT2D eigenvalue weighted by molar-refractivity contribution is -0.385. The quantitative estimate of drug-likeness (QED) is 0.669. The van der Waals surface area contributed by atoms with Crippen LogP contribution in [-0.2, 0) is 0 Å². The van der Waals surface area contributed by atoms with Crippen molar-refractivity contribution in [2.45, 2.75) is 32.5 Å². The van der Waals surface area contributed by atoms with E-state index in [-0.39, 0.29) is 11.5 Å². The molecule has 100 valence electrons. The third-order valence-corrected chi connectivity index (χ3v) is 2.21. The second kappa shape index (κ2) is 5.19. The first-order valence-corrected chi connectivity index (χ1v) is 5.13. The molecular formula is C10H12F3N3O2. The van der Waals surface area contributed by atoms with Crippen LogP contribution < -0.4 is 5.32 Å². The predicted octanol–water partition coefficient (Wildman–Crippen LogP) is 3.05. The Morgan fingerprint density at radius 3 is 2.61 bits per heavy atom. The lowest BCUT2D eigenvalue weighted by Gasteiger charge is -2.16. The molecule has 0 saturated heterocycles. The van der Waals surface area contributed by atoms with E-state index in [1.165, 1.54) is 19.9 Å². The number of alkyl halides is 3. The number of nitrogens with zero attached hydrogens (tertiary/aromatic N) is 2. The van der Waals surface area contributed by atoms with Crippen LogP contribution >= 0.6 is 0 Å². The summed E-state index contributed by atoms with van der Waals surface area (Å²) in [6.07, 6.45) is -4.23. The molecule has 0 spiro atoms. The summed E-state index contributed by atoms with van der Waals surface area (Å²) in [7, 11) is 0. The van der Waals surface area contributed by atoms with Crippen LogP contribution in [0.4, 0.5) is 24.7 Å². The van der Waals surface area contributed by atoms with Gasteiger partial charge in [0.05, 0.1) is 11.3 Å². The molecule has 0 aliphatic carbocycles. The van der Waals surface area contributed by atoms with Gasteiger partial charge in [0.25, 0.3) is 5.69 Å². The zero-order chi connectivity index (χ0) is 13.9. The summed E-state index contributed by atoms with van der Waals surface area (Å²) in [5, 5.41) is 13.1. The Balaban J connectivity index is 2.75. The number of hydrogen-bond donors (Lipinski definition) is 1. The minimum atomic E-state index is -4.26. The molecule has 1 aromatic rings. The predicted molar refractivity (Wildman–Crippen MR) is 59.4 cm³/mol. The molecule has 1 rings (SSSR count).